The molecule has 0 aliphatic carbocycles. The van der Waals surface area contributed by atoms with E-state index in [1.807, 2.05) is 0 Å². The van der Waals surface area contributed by atoms with Crippen molar-refractivity contribution < 1.29 is 23.8 Å². The van der Waals surface area contributed by atoms with Crippen LogP contribution in [0.3, 0.4) is 0 Å². The molecule has 8 heteroatoms. The number of halogens is 1. The van der Waals surface area contributed by atoms with Crippen LogP contribution in [0.4, 0.5) is 10.1 Å². The molecule has 1 heterocycles. The van der Waals surface area contributed by atoms with Gasteiger partial charge in [0.15, 0.2) is 6.61 Å². The molecule has 148 valence electrons. The van der Waals surface area contributed by atoms with Gasteiger partial charge in [-0.1, -0.05) is 24.3 Å². The van der Waals surface area contributed by atoms with Gasteiger partial charge in [-0.25, -0.2) is 4.39 Å². The molecule has 1 fully saturated rings. The molecule has 1 aliphatic heterocycles. The molecule has 0 radical (unpaired) electrons. The van der Waals surface area contributed by atoms with Crippen LogP contribution in [-0.4, -0.2) is 49.3 Å². The van der Waals surface area contributed by atoms with Gasteiger partial charge in [0.1, 0.15) is 11.6 Å². The van der Waals surface area contributed by atoms with Crippen molar-refractivity contribution in [2.45, 2.75) is 6.10 Å². The first-order valence-electron chi connectivity index (χ1n) is 8.98. The van der Waals surface area contributed by atoms with Gasteiger partial charge in [0.05, 0.1) is 17.4 Å². The summed E-state index contributed by atoms with van der Waals surface area (Å²) in [5, 5.41) is 18.1. The Kier molecular flexibility index (Phi) is 6.57. The fraction of sp³-hybridized carbons (Fsp3) is 0.300. The van der Waals surface area contributed by atoms with E-state index >= 15 is 0 Å². The van der Waals surface area contributed by atoms with E-state index in [-0.39, 0.29) is 35.4 Å². The number of anilines is 1. The fourth-order valence-electron chi connectivity index (χ4n) is 2.92. The van der Waals surface area contributed by atoms with Crippen molar-refractivity contribution >= 4 is 17.5 Å². The Morgan fingerprint density at radius 3 is 2.64 bits per heavy atom. The molecule has 0 bridgehead atoms. The van der Waals surface area contributed by atoms with Crippen molar-refractivity contribution in [1.82, 2.24) is 10.6 Å². The first kappa shape index (κ1) is 19.8. The predicted molar refractivity (Wildman–Crippen MR) is 102 cm³/mol. The topological polar surface area (TPSA) is 99.7 Å². The third-order valence-electron chi connectivity index (χ3n) is 4.47. The SMILES string of the molecule is O=C(COc1ccccc1C(=O)NCC1CNCC1O)Nc1ccccc1F. The Morgan fingerprint density at radius 2 is 1.89 bits per heavy atom. The molecule has 1 aliphatic rings. The first-order chi connectivity index (χ1) is 13.5. The molecular formula is C20H22FN3O4. The van der Waals surface area contributed by atoms with E-state index in [0.717, 1.165) is 0 Å². The highest BCUT2D eigenvalue weighted by atomic mass is 19.1. The molecular weight excluding hydrogens is 365 g/mol. The summed E-state index contributed by atoms with van der Waals surface area (Å²) in [4.78, 5) is 24.5. The summed E-state index contributed by atoms with van der Waals surface area (Å²) in [5.41, 5.74) is 0.340. The van der Waals surface area contributed by atoms with Crippen LogP contribution in [0, 0.1) is 11.7 Å². The quantitative estimate of drug-likeness (QED) is 0.571. The van der Waals surface area contributed by atoms with E-state index in [2.05, 4.69) is 16.0 Å². The number of amides is 2. The second kappa shape index (κ2) is 9.29. The van der Waals surface area contributed by atoms with Gasteiger partial charge in [-0.15, -0.1) is 0 Å². The number of carbonyl (C=O) groups is 2. The van der Waals surface area contributed by atoms with Crippen LogP contribution >= 0.6 is 0 Å². The summed E-state index contributed by atoms with van der Waals surface area (Å²) in [6.45, 7) is 1.10. The lowest BCUT2D eigenvalue weighted by molar-refractivity contribution is -0.118. The highest BCUT2D eigenvalue weighted by molar-refractivity contribution is 5.97. The first-order valence-corrected chi connectivity index (χ1v) is 8.98. The number of benzene rings is 2. The largest absolute Gasteiger partial charge is 0.483 e. The van der Waals surface area contributed by atoms with Crippen molar-refractivity contribution in [3.63, 3.8) is 0 Å². The number of para-hydroxylation sites is 2. The maximum atomic E-state index is 13.6. The van der Waals surface area contributed by atoms with E-state index in [9.17, 15) is 19.1 Å². The van der Waals surface area contributed by atoms with Crippen LogP contribution in [0.25, 0.3) is 0 Å². The maximum absolute atomic E-state index is 13.6. The second-order valence-electron chi connectivity index (χ2n) is 6.51. The molecule has 7 nitrogen and oxygen atoms in total. The van der Waals surface area contributed by atoms with Crippen LogP contribution in [-0.2, 0) is 4.79 Å². The van der Waals surface area contributed by atoms with Gasteiger partial charge in [0.25, 0.3) is 11.8 Å². The lowest BCUT2D eigenvalue weighted by Gasteiger charge is -2.15. The third-order valence-corrected chi connectivity index (χ3v) is 4.47. The average Bonchev–Trinajstić information content (AvgIpc) is 3.11. The summed E-state index contributed by atoms with van der Waals surface area (Å²) < 4.78 is 19.1. The summed E-state index contributed by atoms with van der Waals surface area (Å²) in [7, 11) is 0. The van der Waals surface area contributed by atoms with Crippen molar-refractivity contribution in [3.05, 3.63) is 59.9 Å². The standard InChI is InChI=1S/C20H22FN3O4/c21-15-6-2-3-7-16(15)24-19(26)12-28-18-8-4-1-5-14(18)20(27)23-10-13-9-22-11-17(13)25/h1-8,13,17,22,25H,9-12H2,(H,23,27)(H,24,26). The van der Waals surface area contributed by atoms with E-state index < -0.39 is 17.8 Å². The summed E-state index contributed by atoms with van der Waals surface area (Å²) in [5.74, 6) is -1.25. The van der Waals surface area contributed by atoms with Gasteiger partial charge < -0.3 is 25.8 Å². The van der Waals surface area contributed by atoms with E-state index in [4.69, 9.17) is 4.74 Å². The third kappa shape index (κ3) is 5.05. The van der Waals surface area contributed by atoms with E-state index in [1.54, 1.807) is 30.3 Å². The molecule has 28 heavy (non-hydrogen) atoms. The van der Waals surface area contributed by atoms with Gasteiger partial charge >= 0.3 is 0 Å². The average molecular weight is 387 g/mol. The molecule has 2 amide bonds. The van der Waals surface area contributed by atoms with Gasteiger partial charge in [0, 0.05) is 25.6 Å². The van der Waals surface area contributed by atoms with Crippen LogP contribution in [0.5, 0.6) is 5.75 Å². The minimum atomic E-state index is -0.542. The number of hydrogen-bond donors (Lipinski definition) is 4. The smallest absolute Gasteiger partial charge is 0.262 e. The summed E-state index contributed by atoms with van der Waals surface area (Å²) >= 11 is 0. The predicted octanol–water partition coefficient (Wildman–Crippen LogP) is 1.15. The maximum Gasteiger partial charge on any atom is 0.262 e. The summed E-state index contributed by atoms with van der Waals surface area (Å²) in [6, 6.07) is 12.4. The highest BCUT2D eigenvalue weighted by Crippen LogP contribution is 2.19. The molecule has 1 saturated heterocycles. The lowest BCUT2D eigenvalue weighted by Crippen LogP contribution is -2.34. The van der Waals surface area contributed by atoms with E-state index in [1.165, 1.54) is 18.2 Å². The molecule has 3 rings (SSSR count). The van der Waals surface area contributed by atoms with Gasteiger partial charge in [-0.2, -0.15) is 0 Å². The van der Waals surface area contributed by atoms with Crippen molar-refractivity contribution in [1.29, 1.82) is 0 Å². The van der Waals surface area contributed by atoms with Gasteiger partial charge in [-0.05, 0) is 24.3 Å². The zero-order valence-electron chi connectivity index (χ0n) is 15.2. The number of aliphatic hydroxyl groups is 1. The Bertz CT molecular complexity index is 846. The Labute approximate surface area is 161 Å². The van der Waals surface area contributed by atoms with Crippen molar-refractivity contribution in [3.8, 4) is 5.75 Å². The van der Waals surface area contributed by atoms with Crippen molar-refractivity contribution in [2.75, 3.05) is 31.6 Å². The van der Waals surface area contributed by atoms with Crippen molar-refractivity contribution in [2.24, 2.45) is 5.92 Å². The van der Waals surface area contributed by atoms with E-state index in [0.29, 0.717) is 19.6 Å². The number of ether oxygens (including phenoxy) is 1. The molecule has 0 saturated carbocycles. The Balaban J connectivity index is 1.56. The summed E-state index contributed by atoms with van der Waals surface area (Å²) in [6.07, 6.45) is -0.492. The molecule has 0 aromatic heterocycles. The zero-order valence-corrected chi connectivity index (χ0v) is 15.2. The number of aliphatic hydroxyl groups excluding tert-OH is 1. The number of rotatable bonds is 7. The van der Waals surface area contributed by atoms with Crippen LogP contribution in [0.1, 0.15) is 10.4 Å². The van der Waals surface area contributed by atoms with Gasteiger partial charge in [0.2, 0.25) is 0 Å². The Hall–Kier alpha value is -2.97. The Morgan fingerprint density at radius 1 is 1.14 bits per heavy atom. The number of carbonyl (C=O) groups excluding carboxylic acids is 2. The van der Waals surface area contributed by atoms with Gasteiger partial charge in [-0.3, -0.25) is 9.59 Å². The fourth-order valence-corrected chi connectivity index (χ4v) is 2.92. The number of hydrogen-bond acceptors (Lipinski definition) is 5. The van der Waals surface area contributed by atoms with Crippen LogP contribution in [0.2, 0.25) is 0 Å². The monoisotopic (exact) mass is 387 g/mol. The number of β-amino-alcohol motifs (C(OH)–C–C–N with tert-alkyl or cyclic N) is 1. The minimum absolute atomic E-state index is 0.0522. The molecule has 2 aromatic rings. The highest BCUT2D eigenvalue weighted by Gasteiger charge is 2.25. The zero-order chi connectivity index (χ0) is 19.9. The van der Waals surface area contributed by atoms with Crippen LogP contribution in [0.15, 0.2) is 48.5 Å². The normalized spacial score (nSPS) is 18.5. The minimum Gasteiger partial charge on any atom is -0.483 e. The van der Waals surface area contributed by atoms with Crippen LogP contribution < -0.4 is 20.7 Å². The molecule has 4 N–H and O–H groups in total. The lowest BCUT2D eigenvalue weighted by atomic mass is 10.1. The molecule has 2 unspecified atom stereocenters. The molecule has 2 atom stereocenters. The molecule has 0 spiro atoms. The number of nitrogens with one attached hydrogen (secondary N) is 3. The molecule has 2 aromatic carbocycles. The second-order valence-corrected chi connectivity index (χ2v) is 6.51.